The Morgan fingerprint density at radius 1 is 1.07 bits per heavy atom. The van der Waals surface area contributed by atoms with Crippen LogP contribution in [0.1, 0.15) is 34.8 Å². The van der Waals surface area contributed by atoms with Crippen molar-refractivity contribution in [1.82, 2.24) is 10.2 Å². The lowest BCUT2D eigenvalue weighted by Crippen LogP contribution is -2.44. The summed E-state index contributed by atoms with van der Waals surface area (Å²) in [7, 11) is -3.07. The predicted molar refractivity (Wildman–Crippen MR) is 112 cm³/mol. The molecule has 2 amide bonds. The highest BCUT2D eigenvalue weighted by Gasteiger charge is 2.29. The lowest BCUT2D eigenvalue weighted by atomic mass is 9.99. The molecule has 1 N–H and O–H groups in total. The molecule has 0 saturated carbocycles. The zero-order valence-electron chi connectivity index (χ0n) is 16.5. The average Bonchev–Trinajstić information content (AvgIpc) is 3.05. The molecular weight excluding hydrogens is 388 g/mol. The monoisotopic (exact) mass is 414 g/mol. The minimum absolute atomic E-state index is 0.0290. The van der Waals surface area contributed by atoms with Crippen molar-refractivity contribution in [1.29, 1.82) is 0 Å². The first kappa shape index (κ1) is 21.0. The Balaban J connectivity index is 1.68. The Labute approximate surface area is 171 Å². The Kier molecular flexibility index (Phi) is 6.69. The number of benzene rings is 2. The molecule has 2 aromatic carbocycles. The van der Waals surface area contributed by atoms with Gasteiger partial charge in [0.1, 0.15) is 0 Å². The van der Waals surface area contributed by atoms with E-state index in [4.69, 9.17) is 0 Å². The van der Waals surface area contributed by atoms with Gasteiger partial charge >= 0.3 is 0 Å². The van der Waals surface area contributed by atoms with E-state index in [-0.39, 0.29) is 35.9 Å². The van der Waals surface area contributed by atoms with Crippen molar-refractivity contribution in [2.45, 2.75) is 25.8 Å². The number of carbonyl (C=O) groups excluding carboxylic acids is 2. The normalized spacial score (nSPS) is 17.6. The van der Waals surface area contributed by atoms with Crippen LogP contribution < -0.4 is 5.32 Å². The van der Waals surface area contributed by atoms with Crippen molar-refractivity contribution in [3.05, 3.63) is 71.3 Å². The highest BCUT2D eigenvalue weighted by atomic mass is 32.2. The fourth-order valence-electron chi connectivity index (χ4n) is 3.55. The van der Waals surface area contributed by atoms with E-state index >= 15 is 0 Å². The summed E-state index contributed by atoms with van der Waals surface area (Å²) in [5.41, 5.74) is 2.59. The molecule has 29 heavy (non-hydrogen) atoms. The number of nitrogens with zero attached hydrogens (tertiary/aromatic N) is 1. The highest BCUT2D eigenvalue weighted by molar-refractivity contribution is 7.91. The minimum atomic E-state index is -3.07. The molecule has 0 bridgehead atoms. The maximum absolute atomic E-state index is 13.1. The predicted octanol–water partition coefficient (Wildman–Crippen LogP) is 2.04. The summed E-state index contributed by atoms with van der Waals surface area (Å²) in [6, 6.07) is 17.0. The van der Waals surface area contributed by atoms with Crippen LogP contribution in [0.25, 0.3) is 0 Å². The van der Waals surface area contributed by atoms with Crippen molar-refractivity contribution in [2.75, 3.05) is 24.6 Å². The maximum Gasteiger partial charge on any atom is 0.254 e. The van der Waals surface area contributed by atoms with Crippen molar-refractivity contribution in [2.24, 2.45) is 0 Å². The van der Waals surface area contributed by atoms with Gasteiger partial charge in [-0.2, -0.15) is 0 Å². The summed E-state index contributed by atoms with van der Waals surface area (Å²) >= 11 is 0. The Morgan fingerprint density at radius 2 is 1.76 bits per heavy atom. The van der Waals surface area contributed by atoms with Gasteiger partial charge in [-0.3, -0.25) is 9.59 Å². The summed E-state index contributed by atoms with van der Waals surface area (Å²) in [6.45, 7) is 2.12. The number of sulfone groups is 1. The molecule has 1 saturated heterocycles. The molecular formula is C22H26N2O4S. The molecule has 0 spiro atoms. The van der Waals surface area contributed by atoms with Crippen molar-refractivity contribution >= 4 is 21.7 Å². The van der Waals surface area contributed by atoms with Gasteiger partial charge < -0.3 is 10.2 Å². The van der Waals surface area contributed by atoms with Gasteiger partial charge in [-0.25, -0.2) is 8.42 Å². The number of rotatable bonds is 7. The molecule has 154 valence electrons. The molecule has 1 aliphatic rings. The first-order chi connectivity index (χ1) is 13.9. The number of carbonyl (C=O) groups is 2. The van der Waals surface area contributed by atoms with Crippen LogP contribution in [0.2, 0.25) is 0 Å². The fourth-order valence-corrected chi connectivity index (χ4v) is 5.23. The van der Waals surface area contributed by atoms with Gasteiger partial charge in [0.25, 0.3) is 5.91 Å². The third kappa shape index (κ3) is 5.67. The van der Waals surface area contributed by atoms with Crippen LogP contribution >= 0.6 is 0 Å². The van der Waals surface area contributed by atoms with Crippen LogP contribution in [0.5, 0.6) is 0 Å². The largest absolute Gasteiger partial charge is 0.351 e. The lowest BCUT2D eigenvalue weighted by molar-refractivity contribution is -0.122. The number of hydrogen-bond acceptors (Lipinski definition) is 4. The molecule has 1 heterocycles. The van der Waals surface area contributed by atoms with Crippen LogP contribution in [0, 0.1) is 0 Å². The van der Waals surface area contributed by atoms with Crippen LogP contribution in [0.4, 0.5) is 0 Å². The van der Waals surface area contributed by atoms with E-state index in [0.29, 0.717) is 24.9 Å². The second kappa shape index (κ2) is 9.22. The van der Waals surface area contributed by atoms with Gasteiger partial charge in [-0.1, -0.05) is 48.5 Å². The standard InChI is InChI=1S/C22H26N2O4S/c1-2-24(15-21(25)23-19-12-13-29(27,28)16-19)22(26)20-11-7-6-10-18(20)14-17-8-4-3-5-9-17/h3-11,19H,2,12-16H2,1H3,(H,23,25). The Bertz CT molecular complexity index is 973. The number of amides is 2. The minimum Gasteiger partial charge on any atom is -0.351 e. The molecule has 3 rings (SSSR count). The molecule has 1 unspecified atom stereocenters. The summed E-state index contributed by atoms with van der Waals surface area (Å²) in [4.78, 5) is 27.0. The molecule has 1 aliphatic heterocycles. The number of hydrogen-bond donors (Lipinski definition) is 1. The number of nitrogens with one attached hydrogen (secondary N) is 1. The van der Waals surface area contributed by atoms with E-state index in [9.17, 15) is 18.0 Å². The van der Waals surface area contributed by atoms with Crippen LogP contribution in [0.15, 0.2) is 54.6 Å². The third-order valence-corrected chi connectivity index (χ3v) is 6.85. The molecule has 2 aromatic rings. The summed E-state index contributed by atoms with van der Waals surface area (Å²) < 4.78 is 23.1. The summed E-state index contributed by atoms with van der Waals surface area (Å²) in [5, 5.41) is 2.75. The number of likely N-dealkylation sites (N-methyl/N-ethyl adjacent to an activating group) is 1. The molecule has 7 heteroatoms. The maximum atomic E-state index is 13.1. The molecule has 0 aliphatic carbocycles. The third-order valence-electron chi connectivity index (χ3n) is 5.09. The van der Waals surface area contributed by atoms with E-state index < -0.39 is 9.84 Å². The average molecular weight is 415 g/mol. The van der Waals surface area contributed by atoms with Gasteiger partial charge in [0.05, 0.1) is 18.1 Å². The molecule has 0 aromatic heterocycles. The van der Waals surface area contributed by atoms with Gasteiger partial charge in [0.15, 0.2) is 9.84 Å². The molecule has 6 nitrogen and oxygen atoms in total. The van der Waals surface area contributed by atoms with Gasteiger partial charge in [0.2, 0.25) is 5.91 Å². The van der Waals surface area contributed by atoms with Crippen LogP contribution in [-0.2, 0) is 21.1 Å². The van der Waals surface area contributed by atoms with Gasteiger partial charge in [-0.05, 0) is 37.0 Å². The van der Waals surface area contributed by atoms with E-state index in [1.54, 1.807) is 6.07 Å². The Hall–Kier alpha value is -2.67. The van der Waals surface area contributed by atoms with Gasteiger partial charge in [0, 0.05) is 18.2 Å². The van der Waals surface area contributed by atoms with E-state index in [2.05, 4.69) is 5.32 Å². The first-order valence-electron chi connectivity index (χ1n) is 9.79. The second-order valence-corrected chi connectivity index (χ2v) is 9.54. The second-order valence-electron chi connectivity index (χ2n) is 7.31. The van der Waals surface area contributed by atoms with Gasteiger partial charge in [-0.15, -0.1) is 0 Å². The zero-order valence-corrected chi connectivity index (χ0v) is 17.3. The van der Waals surface area contributed by atoms with E-state index in [0.717, 1.165) is 11.1 Å². The van der Waals surface area contributed by atoms with Crippen LogP contribution in [-0.4, -0.2) is 55.8 Å². The van der Waals surface area contributed by atoms with Crippen LogP contribution in [0.3, 0.4) is 0 Å². The van der Waals surface area contributed by atoms with E-state index in [1.807, 2.05) is 55.5 Å². The van der Waals surface area contributed by atoms with E-state index in [1.165, 1.54) is 4.90 Å². The van der Waals surface area contributed by atoms with Crippen molar-refractivity contribution < 1.29 is 18.0 Å². The quantitative estimate of drug-likeness (QED) is 0.752. The molecule has 1 fully saturated rings. The summed E-state index contributed by atoms with van der Waals surface area (Å²) in [5.74, 6) is -0.462. The Morgan fingerprint density at radius 3 is 2.41 bits per heavy atom. The topological polar surface area (TPSA) is 83.6 Å². The molecule has 1 atom stereocenters. The zero-order chi connectivity index (χ0) is 20.9. The first-order valence-corrected chi connectivity index (χ1v) is 11.6. The highest BCUT2D eigenvalue weighted by Crippen LogP contribution is 2.17. The summed E-state index contributed by atoms with van der Waals surface area (Å²) in [6.07, 6.45) is 1.06. The fraction of sp³-hybridized carbons (Fsp3) is 0.364. The van der Waals surface area contributed by atoms with Crippen molar-refractivity contribution in [3.8, 4) is 0 Å². The molecule has 0 radical (unpaired) electrons. The SMILES string of the molecule is CCN(CC(=O)NC1CCS(=O)(=O)C1)C(=O)c1ccccc1Cc1ccccc1. The lowest BCUT2D eigenvalue weighted by Gasteiger charge is -2.23. The van der Waals surface area contributed by atoms with Crippen molar-refractivity contribution in [3.63, 3.8) is 0 Å². The smallest absolute Gasteiger partial charge is 0.254 e.